The number of rotatable bonds is 3. The molecule has 4 heteroatoms. The molecule has 2 rings (SSSR count). The molecule has 0 bridgehead atoms. The molecule has 0 unspecified atom stereocenters. The van der Waals surface area contributed by atoms with Crippen LogP contribution in [0.5, 0.6) is 0 Å². The van der Waals surface area contributed by atoms with Crippen LogP contribution < -0.4 is 5.32 Å². The number of halogens is 1. The maximum atomic E-state index is 12.2. The van der Waals surface area contributed by atoms with Gasteiger partial charge in [-0.05, 0) is 29.2 Å². The SMILES string of the molecule is CC(C)CN(C)C(=O)c1ccc2c(c1)CNC2.Cl. The molecule has 100 valence electrons. The smallest absolute Gasteiger partial charge is 0.253 e. The molecule has 1 aromatic carbocycles. The molecule has 0 fully saturated rings. The lowest BCUT2D eigenvalue weighted by Crippen LogP contribution is -2.30. The monoisotopic (exact) mass is 268 g/mol. The third kappa shape index (κ3) is 3.24. The van der Waals surface area contributed by atoms with E-state index in [0.717, 1.165) is 25.2 Å². The van der Waals surface area contributed by atoms with E-state index >= 15 is 0 Å². The molecule has 1 heterocycles. The Bertz CT molecular complexity index is 432. The van der Waals surface area contributed by atoms with Crippen LogP contribution in [0.4, 0.5) is 0 Å². The molecule has 0 aromatic heterocycles. The highest BCUT2D eigenvalue weighted by Crippen LogP contribution is 2.18. The molecule has 0 atom stereocenters. The van der Waals surface area contributed by atoms with Crippen molar-refractivity contribution in [1.82, 2.24) is 10.2 Å². The fourth-order valence-corrected chi connectivity index (χ4v) is 2.28. The van der Waals surface area contributed by atoms with Crippen LogP contribution in [0.15, 0.2) is 18.2 Å². The Morgan fingerprint density at radius 1 is 1.33 bits per heavy atom. The molecule has 1 amide bonds. The van der Waals surface area contributed by atoms with Crippen molar-refractivity contribution in [3.63, 3.8) is 0 Å². The minimum atomic E-state index is 0. The van der Waals surface area contributed by atoms with Gasteiger partial charge >= 0.3 is 0 Å². The number of benzene rings is 1. The molecule has 0 radical (unpaired) electrons. The molecular weight excluding hydrogens is 248 g/mol. The molecule has 18 heavy (non-hydrogen) atoms. The summed E-state index contributed by atoms with van der Waals surface area (Å²) >= 11 is 0. The van der Waals surface area contributed by atoms with Crippen LogP contribution in [0.3, 0.4) is 0 Å². The summed E-state index contributed by atoms with van der Waals surface area (Å²) in [6.07, 6.45) is 0. The first-order valence-corrected chi connectivity index (χ1v) is 6.16. The van der Waals surface area contributed by atoms with Gasteiger partial charge in [-0.2, -0.15) is 0 Å². The van der Waals surface area contributed by atoms with E-state index in [-0.39, 0.29) is 18.3 Å². The zero-order chi connectivity index (χ0) is 12.4. The van der Waals surface area contributed by atoms with Gasteiger partial charge in [0.15, 0.2) is 0 Å². The number of hydrogen-bond acceptors (Lipinski definition) is 2. The van der Waals surface area contributed by atoms with Crippen LogP contribution in [0, 0.1) is 5.92 Å². The van der Waals surface area contributed by atoms with E-state index < -0.39 is 0 Å². The van der Waals surface area contributed by atoms with Crippen molar-refractivity contribution >= 4 is 18.3 Å². The molecule has 0 spiro atoms. The Morgan fingerprint density at radius 2 is 2.00 bits per heavy atom. The van der Waals surface area contributed by atoms with E-state index in [2.05, 4.69) is 25.2 Å². The summed E-state index contributed by atoms with van der Waals surface area (Å²) < 4.78 is 0. The number of hydrogen-bond donors (Lipinski definition) is 1. The Labute approximate surface area is 115 Å². The molecule has 1 aliphatic rings. The predicted octanol–water partition coefficient (Wildman–Crippen LogP) is 2.44. The maximum Gasteiger partial charge on any atom is 0.253 e. The lowest BCUT2D eigenvalue weighted by molar-refractivity contribution is 0.0779. The van der Waals surface area contributed by atoms with Crippen molar-refractivity contribution < 1.29 is 4.79 Å². The number of carbonyl (C=O) groups is 1. The van der Waals surface area contributed by atoms with Crippen molar-refractivity contribution in [2.45, 2.75) is 26.9 Å². The molecule has 1 N–H and O–H groups in total. The molecule has 1 aromatic rings. The van der Waals surface area contributed by atoms with Crippen molar-refractivity contribution in [1.29, 1.82) is 0 Å². The molecule has 1 aliphatic heterocycles. The predicted molar refractivity (Wildman–Crippen MR) is 76.0 cm³/mol. The Morgan fingerprint density at radius 3 is 2.67 bits per heavy atom. The van der Waals surface area contributed by atoms with E-state index in [1.54, 1.807) is 4.90 Å². The number of amides is 1. The number of nitrogens with zero attached hydrogens (tertiary/aromatic N) is 1. The first kappa shape index (κ1) is 15.0. The van der Waals surface area contributed by atoms with E-state index in [1.807, 2.05) is 19.2 Å². The molecule has 0 saturated carbocycles. The Balaban J connectivity index is 0.00000162. The second-order valence-electron chi connectivity index (χ2n) is 5.17. The first-order valence-electron chi connectivity index (χ1n) is 6.16. The fourth-order valence-electron chi connectivity index (χ4n) is 2.28. The van der Waals surface area contributed by atoms with Crippen LogP contribution in [0.1, 0.15) is 35.3 Å². The zero-order valence-electron chi connectivity index (χ0n) is 11.2. The van der Waals surface area contributed by atoms with E-state index in [9.17, 15) is 4.79 Å². The van der Waals surface area contributed by atoms with Crippen LogP contribution >= 0.6 is 12.4 Å². The van der Waals surface area contributed by atoms with Crippen LogP contribution in [-0.4, -0.2) is 24.4 Å². The van der Waals surface area contributed by atoms with Gasteiger partial charge < -0.3 is 10.2 Å². The third-order valence-corrected chi connectivity index (χ3v) is 3.07. The van der Waals surface area contributed by atoms with Gasteiger partial charge in [0.2, 0.25) is 0 Å². The number of fused-ring (bicyclic) bond motifs is 1. The molecule has 0 aliphatic carbocycles. The van der Waals surface area contributed by atoms with E-state index in [0.29, 0.717) is 5.92 Å². The van der Waals surface area contributed by atoms with Crippen molar-refractivity contribution in [3.05, 3.63) is 34.9 Å². The summed E-state index contributed by atoms with van der Waals surface area (Å²) in [6.45, 7) is 6.84. The summed E-state index contributed by atoms with van der Waals surface area (Å²) in [5.74, 6) is 0.619. The topological polar surface area (TPSA) is 32.3 Å². The van der Waals surface area contributed by atoms with Crippen LogP contribution in [-0.2, 0) is 13.1 Å². The Kier molecular flexibility index (Phi) is 5.17. The van der Waals surface area contributed by atoms with Gasteiger partial charge in [0, 0.05) is 32.2 Å². The summed E-state index contributed by atoms with van der Waals surface area (Å²) in [6, 6.07) is 6.02. The number of carbonyl (C=O) groups excluding carboxylic acids is 1. The highest BCUT2D eigenvalue weighted by molar-refractivity contribution is 5.94. The molecular formula is C14H21ClN2O. The maximum absolute atomic E-state index is 12.2. The summed E-state index contributed by atoms with van der Waals surface area (Å²) in [5, 5.41) is 3.29. The fraction of sp³-hybridized carbons (Fsp3) is 0.500. The quantitative estimate of drug-likeness (QED) is 0.913. The average molecular weight is 269 g/mol. The van der Waals surface area contributed by atoms with E-state index in [1.165, 1.54) is 11.1 Å². The Hall–Kier alpha value is -1.06. The highest BCUT2D eigenvalue weighted by Gasteiger charge is 2.16. The summed E-state index contributed by atoms with van der Waals surface area (Å²) in [5.41, 5.74) is 3.37. The second kappa shape index (κ2) is 6.21. The van der Waals surface area contributed by atoms with Crippen molar-refractivity contribution in [3.8, 4) is 0 Å². The van der Waals surface area contributed by atoms with Crippen LogP contribution in [0.25, 0.3) is 0 Å². The minimum absolute atomic E-state index is 0. The highest BCUT2D eigenvalue weighted by atomic mass is 35.5. The number of nitrogens with one attached hydrogen (secondary N) is 1. The van der Waals surface area contributed by atoms with Crippen LogP contribution in [0.2, 0.25) is 0 Å². The standard InChI is InChI=1S/C14H20N2O.ClH/c1-10(2)9-16(3)14(17)11-4-5-12-7-15-8-13(12)6-11;/h4-6,10,15H,7-9H2,1-3H3;1H. The van der Waals surface area contributed by atoms with Gasteiger partial charge in [0.1, 0.15) is 0 Å². The zero-order valence-corrected chi connectivity index (χ0v) is 12.0. The molecule has 0 saturated heterocycles. The van der Waals surface area contributed by atoms with Gasteiger partial charge in [-0.3, -0.25) is 4.79 Å². The normalized spacial score (nSPS) is 13.1. The largest absolute Gasteiger partial charge is 0.341 e. The van der Waals surface area contributed by atoms with Gasteiger partial charge in [0.05, 0.1) is 0 Å². The van der Waals surface area contributed by atoms with Crippen molar-refractivity contribution in [2.24, 2.45) is 5.92 Å². The average Bonchev–Trinajstić information content (AvgIpc) is 2.73. The van der Waals surface area contributed by atoms with Gasteiger partial charge in [-0.1, -0.05) is 19.9 Å². The van der Waals surface area contributed by atoms with Gasteiger partial charge in [-0.25, -0.2) is 0 Å². The van der Waals surface area contributed by atoms with Crippen molar-refractivity contribution in [2.75, 3.05) is 13.6 Å². The van der Waals surface area contributed by atoms with Gasteiger partial charge in [0.25, 0.3) is 5.91 Å². The second-order valence-corrected chi connectivity index (χ2v) is 5.17. The third-order valence-electron chi connectivity index (χ3n) is 3.07. The molecule has 3 nitrogen and oxygen atoms in total. The summed E-state index contributed by atoms with van der Waals surface area (Å²) in [7, 11) is 1.87. The van der Waals surface area contributed by atoms with E-state index in [4.69, 9.17) is 0 Å². The first-order chi connectivity index (χ1) is 8.08. The van der Waals surface area contributed by atoms with Gasteiger partial charge in [-0.15, -0.1) is 12.4 Å². The summed E-state index contributed by atoms with van der Waals surface area (Å²) in [4.78, 5) is 14.0. The lowest BCUT2D eigenvalue weighted by Gasteiger charge is -2.19. The minimum Gasteiger partial charge on any atom is -0.341 e. The lowest BCUT2D eigenvalue weighted by atomic mass is 10.1.